The van der Waals surface area contributed by atoms with Gasteiger partial charge in [0.2, 0.25) is 11.8 Å². The summed E-state index contributed by atoms with van der Waals surface area (Å²) in [5.74, 6) is -1.06. The number of carbonyl (C=O) groups excluding carboxylic acids is 2. The van der Waals surface area contributed by atoms with Crippen molar-refractivity contribution in [2.45, 2.75) is 46.5 Å². The van der Waals surface area contributed by atoms with E-state index in [1.165, 1.54) is 11.6 Å². The Labute approximate surface area is 152 Å². The molecule has 0 atom stereocenters. The van der Waals surface area contributed by atoms with E-state index in [0.29, 0.717) is 6.54 Å². The maximum atomic E-state index is 13.6. The van der Waals surface area contributed by atoms with Gasteiger partial charge in [0.1, 0.15) is 5.82 Å². The van der Waals surface area contributed by atoms with Gasteiger partial charge in [-0.3, -0.25) is 14.7 Å². The second kappa shape index (κ2) is 9.12. The lowest BCUT2D eigenvalue weighted by molar-refractivity contribution is -0.124. The van der Waals surface area contributed by atoms with Crippen LogP contribution in [0.1, 0.15) is 41.8 Å². The van der Waals surface area contributed by atoms with Gasteiger partial charge in [-0.15, -0.1) is 0 Å². The van der Waals surface area contributed by atoms with E-state index in [1.807, 2.05) is 20.8 Å². The van der Waals surface area contributed by atoms with Gasteiger partial charge in [-0.25, -0.2) is 4.39 Å². The number of aromatic nitrogens is 2. The number of aryl methyl sites for hydroxylation is 3. The van der Waals surface area contributed by atoms with E-state index >= 15 is 0 Å². The van der Waals surface area contributed by atoms with Gasteiger partial charge in [0.05, 0.1) is 11.4 Å². The van der Waals surface area contributed by atoms with Crippen molar-refractivity contribution in [1.29, 1.82) is 0 Å². The van der Waals surface area contributed by atoms with Crippen LogP contribution in [0, 0.1) is 26.6 Å². The van der Waals surface area contributed by atoms with Crippen molar-refractivity contribution < 1.29 is 14.0 Å². The van der Waals surface area contributed by atoms with Crippen molar-refractivity contribution >= 4 is 17.5 Å². The van der Waals surface area contributed by atoms with Gasteiger partial charge in [0.25, 0.3) is 0 Å². The molecular formula is C19H25FN4O2. The predicted octanol–water partition coefficient (Wildman–Crippen LogP) is 2.94. The van der Waals surface area contributed by atoms with Crippen LogP contribution in [0.5, 0.6) is 0 Å². The van der Waals surface area contributed by atoms with Crippen molar-refractivity contribution in [3.63, 3.8) is 0 Å². The first-order valence-electron chi connectivity index (χ1n) is 8.70. The topological polar surface area (TPSA) is 86.9 Å². The molecule has 0 spiro atoms. The Balaban J connectivity index is 1.66. The quantitative estimate of drug-likeness (QED) is 0.633. The molecule has 1 heterocycles. The molecular weight excluding hydrogens is 335 g/mol. The summed E-state index contributed by atoms with van der Waals surface area (Å²) in [5, 5.41) is 12.4. The Morgan fingerprint density at radius 1 is 1.15 bits per heavy atom. The number of hydrogen-bond donors (Lipinski definition) is 3. The molecule has 0 unspecified atom stereocenters. The Hall–Kier alpha value is -2.70. The van der Waals surface area contributed by atoms with Crippen molar-refractivity contribution in [3.8, 4) is 0 Å². The van der Waals surface area contributed by atoms with E-state index in [1.54, 1.807) is 12.1 Å². The molecule has 0 aliphatic heterocycles. The first-order chi connectivity index (χ1) is 12.4. The van der Waals surface area contributed by atoms with Crippen LogP contribution >= 0.6 is 0 Å². The molecule has 6 nitrogen and oxygen atoms in total. The first-order valence-corrected chi connectivity index (χ1v) is 8.70. The number of benzene rings is 1. The number of amides is 2. The SMILES string of the molecule is Cc1ccc(F)c(NC(=O)CCC(=O)NCCCc2c(C)n[nH]c2C)c1. The molecule has 2 aromatic rings. The van der Waals surface area contributed by atoms with Gasteiger partial charge in [0.15, 0.2) is 0 Å². The summed E-state index contributed by atoms with van der Waals surface area (Å²) in [4.78, 5) is 23.7. The molecule has 0 saturated heterocycles. The molecule has 0 bridgehead atoms. The van der Waals surface area contributed by atoms with Crippen molar-refractivity contribution in [1.82, 2.24) is 15.5 Å². The molecule has 0 radical (unpaired) electrons. The first kappa shape index (κ1) is 19.6. The summed E-state index contributed by atoms with van der Waals surface area (Å²) in [6.45, 7) is 6.28. The Bertz CT molecular complexity index is 766. The van der Waals surface area contributed by atoms with Crippen LogP contribution in [0.4, 0.5) is 10.1 Å². The number of anilines is 1. The second-order valence-corrected chi connectivity index (χ2v) is 6.40. The van der Waals surface area contributed by atoms with Crippen molar-refractivity contribution in [2.24, 2.45) is 0 Å². The summed E-state index contributed by atoms with van der Waals surface area (Å²) in [7, 11) is 0. The monoisotopic (exact) mass is 360 g/mol. The predicted molar refractivity (Wildman–Crippen MR) is 98.4 cm³/mol. The van der Waals surface area contributed by atoms with E-state index in [2.05, 4.69) is 20.8 Å². The number of rotatable bonds is 8. The third-order valence-electron chi connectivity index (χ3n) is 4.18. The molecule has 140 valence electrons. The van der Waals surface area contributed by atoms with E-state index < -0.39 is 5.82 Å². The van der Waals surface area contributed by atoms with E-state index in [0.717, 1.165) is 29.8 Å². The molecule has 2 amide bonds. The number of aromatic amines is 1. The van der Waals surface area contributed by atoms with Crippen LogP contribution < -0.4 is 10.6 Å². The smallest absolute Gasteiger partial charge is 0.224 e. The maximum Gasteiger partial charge on any atom is 0.224 e. The van der Waals surface area contributed by atoms with Gasteiger partial charge < -0.3 is 10.6 Å². The van der Waals surface area contributed by atoms with Crippen LogP contribution in [0.3, 0.4) is 0 Å². The third kappa shape index (κ3) is 5.68. The minimum Gasteiger partial charge on any atom is -0.356 e. The molecule has 7 heteroatoms. The van der Waals surface area contributed by atoms with Gasteiger partial charge in [0, 0.05) is 25.1 Å². The number of nitrogens with zero attached hydrogens (tertiary/aromatic N) is 1. The highest BCUT2D eigenvalue weighted by Gasteiger charge is 2.10. The largest absolute Gasteiger partial charge is 0.356 e. The molecule has 3 N–H and O–H groups in total. The number of H-pyrrole nitrogens is 1. The maximum absolute atomic E-state index is 13.6. The molecule has 0 fully saturated rings. The third-order valence-corrected chi connectivity index (χ3v) is 4.18. The van der Waals surface area contributed by atoms with Crippen molar-refractivity contribution in [2.75, 3.05) is 11.9 Å². The summed E-state index contributed by atoms with van der Waals surface area (Å²) in [6.07, 6.45) is 1.72. The van der Waals surface area contributed by atoms with Crippen molar-refractivity contribution in [3.05, 3.63) is 46.5 Å². The van der Waals surface area contributed by atoms with Gasteiger partial charge in [-0.05, 0) is 56.9 Å². The lowest BCUT2D eigenvalue weighted by Gasteiger charge is -2.08. The van der Waals surface area contributed by atoms with E-state index in [4.69, 9.17) is 0 Å². The average Bonchev–Trinajstić information content (AvgIpc) is 2.91. The zero-order valence-corrected chi connectivity index (χ0v) is 15.4. The highest BCUT2D eigenvalue weighted by molar-refractivity contribution is 5.93. The lowest BCUT2D eigenvalue weighted by atomic mass is 10.1. The fourth-order valence-corrected chi connectivity index (χ4v) is 2.70. The molecule has 26 heavy (non-hydrogen) atoms. The number of halogens is 1. The second-order valence-electron chi connectivity index (χ2n) is 6.40. The zero-order valence-electron chi connectivity index (χ0n) is 15.4. The van der Waals surface area contributed by atoms with E-state index in [-0.39, 0.29) is 30.3 Å². The van der Waals surface area contributed by atoms with Crippen LogP contribution in [-0.2, 0) is 16.0 Å². The van der Waals surface area contributed by atoms with Gasteiger partial charge in [-0.2, -0.15) is 5.10 Å². The Kier molecular flexibility index (Phi) is 6.89. The van der Waals surface area contributed by atoms with E-state index in [9.17, 15) is 14.0 Å². The molecule has 0 saturated carbocycles. The highest BCUT2D eigenvalue weighted by atomic mass is 19.1. The summed E-state index contributed by atoms with van der Waals surface area (Å²) in [6, 6.07) is 4.50. The fourth-order valence-electron chi connectivity index (χ4n) is 2.70. The lowest BCUT2D eigenvalue weighted by Crippen LogP contribution is -2.26. The zero-order chi connectivity index (χ0) is 19.1. The molecule has 1 aromatic heterocycles. The summed E-state index contributed by atoms with van der Waals surface area (Å²) in [5.41, 5.74) is 4.20. The number of carbonyl (C=O) groups is 2. The number of nitrogens with one attached hydrogen (secondary N) is 3. The minimum absolute atomic E-state index is 0.0131. The normalized spacial score (nSPS) is 10.6. The van der Waals surface area contributed by atoms with Gasteiger partial charge >= 0.3 is 0 Å². The van der Waals surface area contributed by atoms with Crippen LogP contribution in [0.25, 0.3) is 0 Å². The number of hydrogen-bond acceptors (Lipinski definition) is 3. The Morgan fingerprint density at radius 3 is 2.58 bits per heavy atom. The van der Waals surface area contributed by atoms with Crippen LogP contribution in [-0.4, -0.2) is 28.6 Å². The summed E-state index contributed by atoms with van der Waals surface area (Å²) >= 11 is 0. The summed E-state index contributed by atoms with van der Waals surface area (Å²) < 4.78 is 13.6. The molecule has 0 aliphatic carbocycles. The van der Waals surface area contributed by atoms with Crippen LogP contribution in [0.2, 0.25) is 0 Å². The molecule has 0 aliphatic rings. The highest BCUT2D eigenvalue weighted by Crippen LogP contribution is 2.16. The van der Waals surface area contributed by atoms with Crippen LogP contribution in [0.15, 0.2) is 18.2 Å². The Morgan fingerprint density at radius 2 is 1.88 bits per heavy atom. The average molecular weight is 360 g/mol. The fraction of sp³-hybridized carbons (Fsp3) is 0.421. The van der Waals surface area contributed by atoms with Gasteiger partial charge in [-0.1, -0.05) is 6.07 Å². The molecule has 1 aromatic carbocycles. The minimum atomic E-state index is -0.488. The molecule has 2 rings (SSSR count). The standard InChI is InChI=1S/C19H25FN4O2/c1-12-6-7-16(20)17(11-12)22-19(26)9-8-18(25)21-10-4-5-15-13(2)23-24-14(15)3/h6-7,11H,4-5,8-10H2,1-3H3,(H,21,25)(H,22,26)(H,23,24).